The van der Waals surface area contributed by atoms with Crippen LogP contribution < -0.4 is 4.90 Å². The van der Waals surface area contributed by atoms with Crippen molar-refractivity contribution in [1.82, 2.24) is 9.97 Å². The van der Waals surface area contributed by atoms with Crippen molar-refractivity contribution in [2.24, 2.45) is 0 Å². The Balaban J connectivity index is 2.07. The van der Waals surface area contributed by atoms with Crippen molar-refractivity contribution in [3.63, 3.8) is 0 Å². The van der Waals surface area contributed by atoms with Gasteiger partial charge in [-0.25, -0.2) is 9.37 Å². The molecular formula is C10H13ClFN3O. The second-order valence-corrected chi connectivity index (χ2v) is 4.16. The lowest BCUT2D eigenvalue weighted by molar-refractivity contribution is 0.116. The summed E-state index contributed by atoms with van der Waals surface area (Å²) in [5, 5.41) is 0.0515. The highest BCUT2D eigenvalue weighted by molar-refractivity contribution is 6.28. The standard InChI is InChI=1S/C10H13ClFN3O/c1-15(6-7-3-2-4-16-7)9-8(12)5-13-10(11)14-9/h5,7H,2-4,6H2,1H3. The van der Waals surface area contributed by atoms with E-state index in [0.717, 1.165) is 25.6 Å². The van der Waals surface area contributed by atoms with E-state index >= 15 is 0 Å². The SMILES string of the molecule is CN(CC1CCCO1)c1nc(Cl)ncc1F. The van der Waals surface area contributed by atoms with Crippen LogP contribution in [0.2, 0.25) is 5.28 Å². The van der Waals surface area contributed by atoms with E-state index in [9.17, 15) is 4.39 Å². The number of ether oxygens (including phenoxy) is 1. The van der Waals surface area contributed by atoms with Crippen LogP contribution in [0.25, 0.3) is 0 Å². The zero-order chi connectivity index (χ0) is 11.5. The summed E-state index contributed by atoms with van der Waals surface area (Å²) in [5.41, 5.74) is 0. The molecule has 2 heterocycles. The van der Waals surface area contributed by atoms with Gasteiger partial charge >= 0.3 is 0 Å². The van der Waals surface area contributed by atoms with Gasteiger partial charge in [-0.2, -0.15) is 4.98 Å². The van der Waals surface area contributed by atoms with Crippen LogP contribution in [-0.2, 0) is 4.74 Å². The Morgan fingerprint density at radius 1 is 1.69 bits per heavy atom. The largest absolute Gasteiger partial charge is 0.376 e. The predicted molar refractivity (Wildman–Crippen MR) is 59.2 cm³/mol. The lowest BCUT2D eigenvalue weighted by Crippen LogP contribution is -2.30. The molecule has 1 saturated heterocycles. The minimum atomic E-state index is -0.468. The zero-order valence-corrected chi connectivity index (χ0v) is 9.74. The van der Waals surface area contributed by atoms with Crippen molar-refractivity contribution >= 4 is 17.4 Å². The first-order valence-electron chi connectivity index (χ1n) is 5.17. The van der Waals surface area contributed by atoms with Crippen molar-refractivity contribution in [2.75, 3.05) is 25.1 Å². The summed E-state index contributed by atoms with van der Waals surface area (Å²) >= 11 is 5.63. The fourth-order valence-electron chi connectivity index (χ4n) is 1.79. The van der Waals surface area contributed by atoms with Crippen LogP contribution >= 0.6 is 11.6 Å². The molecule has 0 N–H and O–H groups in total. The minimum Gasteiger partial charge on any atom is -0.376 e. The Kier molecular flexibility index (Phi) is 3.56. The number of anilines is 1. The van der Waals surface area contributed by atoms with Crippen molar-refractivity contribution in [1.29, 1.82) is 0 Å². The molecule has 0 amide bonds. The molecule has 1 atom stereocenters. The second kappa shape index (κ2) is 4.93. The van der Waals surface area contributed by atoms with Gasteiger partial charge in [-0.1, -0.05) is 0 Å². The van der Waals surface area contributed by atoms with Gasteiger partial charge in [0.15, 0.2) is 11.6 Å². The number of nitrogens with zero attached hydrogens (tertiary/aromatic N) is 3. The summed E-state index contributed by atoms with van der Waals surface area (Å²) in [6.45, 7) is 1.40. The van der Waals surface area contributed by atoms with E-state index in [0.29, 0.717) is 6.54 Å². The molecule has 1 aromatic rings. The van der Waals surface area contributed by atoms with Gasteiger partial charge in [-0.15, -0.1) is 0 Å². The summed E-state index contributed by atoms with van der Waals surface area (Å²) in [7, 11) is 1.77. The molecule has 1 unspecified atom stereocenters. The molecule has 0 radical (unpaired) electrons. The van der Waals surface area contributed by atoms with Crippen LogP contribution in [0, 0.1) is 5.82 Å². The predicted octanol–water partition coefficient (Wildman–Crippen LogP) is 1.88. The van der Waals surface area contributed by atoms with Crippen LogP contribution in [0.15, 0.2) is 6.20 Å². The van der Waals surface area contributed by atoms with Gasteiger partial charge in [-0.3, -0.25) is 0 Å². The van der Waals surface area contributed by atoms with Crippen molar-refractivity contribution in [3.8, 4) is 0 Å². The first-order valence-corrected chi connectivity index (χ1v) is 5.55. The Morgan fingerprint density at radius 2 is 2.50 bits per heavy atom. The van der Waals surface area contributed by atoms with Crippen LogP contribution in [0.3, 0.4) is 0 Å². The highest BCUT2D eigenvalue weighted by Gasteiger charge is 2.20. The first kappa shape index (κ1) is 11.5. The van der Waals surface area contributed by atoms with Crippen molar-refractivity contribution in [2.45, 2.75) is 18.9 Å². The number of hydrogen-bond acceptors (Lipinski definition) is 4. The zero-order valence-electron chi connectivity index (χ0n) is 8.99. The number of rotatable bonds is 3. The third-order valence-corrected chi connectivity index (χ3v) is 2.74. The second-order valence-electron chi connectivity index (χ2n) is 3.83. The molecule has 1 aliphatic rings. The number of hydrogen-bond donors (Lipinski definition) is 0. The third-order valence-electron chi connectivity index (χ3n) is 2.56. The molecule has 16 heavy (non-hydrogen) atoms. The molecule has 0 bridgehead atoms. The van der Waals surface area contributed by atoms with Gasteiger partial charge < -0.3 is 9.64 Å². The first-order chi connectivity index (χ1) is 7.66. The Morgan fingerprint density at radius 3 is 3.19 bits per heavy atom. The molecule has 1 aliphatic heterocycles. The van der Waals surface area contributed by atoms with Crippen molar-refractivity contribution in [3.05, 3.63) is 17.3 Å². The smallest absolute Gasteiger partial charge is 0.224 e. The molecule has 1 fully saturated rings. The van der Waals surface area contributed by atoms with E-state index < -0.39 is 5.82 Å². The summed E-state index contributed by atoms with van der Waals surface area (Å²) < 4.78 is 18.9. The lowest BCUT2D eigenvalue weighted by Gasteiger charge is -2.21. The van der Waals surface area contributed by atoms with Crippen LogP contribution in [0.5, 0.6) is 0 Å². The molecule has 4 nitrogen and oxygen atoms in total. The van der Waals surface area contributed by atoms with Crippen LogP contribution in [0.1, 0.15) is 12.8 Å². The van der Waals surface area contributed by atoms with Gasteiger partial charge in [0.2, 0.25) is 5.28 Å². The summed E-state index contributed by atoms with van der Waals surface area (Å²) in [4.78, 5) is 9.15. The average Bonchev–Trinajstić information content (AvgIpc) is 2.74. The lowest BCUT2D eigenvalue weighted by atomic mass is 10.2. The normalized spacial score (nSPS) is 20.1. The summed E-state index contributed by atoms with van der Waals surface area (Å²) in [5.74, 6) is -0.250. The molecule has 0 aliphatic carbocycles. The number of halogens is 2. The Hall–Kier alpha value is -0.940. The van der Waals surface area contributed by atoms with Crippen LogP contribution in [-0.4, -0.2) is 36.3 Å². The quantitative estimate of drug-likeness (QED) is 0.763. The van der Waals surface area contributed by atoms with Gasteiger partial charge in [0.05, 0.1) is 12.3 Å². The molecule has 1 aromatic heterocycles. The molecule has 6 heteroatoms. The highest BCUT2D eigenvalue weighted by atomic mass is 35.5. The summed E-state index contributed by atoms with van der Waals surface area (Å²) in [6.07, 6.45) is 3.30. The monoisotopic (exact) mass is 245 g/mol. The fraction of sp³-hybridized carbons (Fsp3) is 0.600. The Labute approximate surface area is 98.4 Å². The maximum Gasteiger partial charge on any atom is 0.224 e. The topological polar surface area (TPSA) is 38.2 Å². The van der Waals surface area contributed by atoms with E-state index in [2.05, 4.69) is 9.97 Å². The van der Waals surface area contributed by atoms with Gasteiger partial charge in [0.25, 0.3) is 0 Å². The average molecular weight is 246 g/mol. The van der Waals surface area contributed by atoms with E-state index in [1.165, 1.54) is 0 Å². The highest BCUT2D eigenvalue weighted by Crippen LogP contribution is 2.19. The molecule has 2 rings (SSSR count). The van der Waals surface area contributed by atoms with Gasteiger partial charge in [0, 0.05) is 20.2 Å². The molecule has 0 spiro atoms. The van der Waals surface area contributed by atoms with E-state index in [-0.39, 0.29) is 17.2 Å². The van der Waals surface area contributed by atoms with E-state index in [1.54, 1.807) is 11.9 Å². The van der Waals surface area contributed by atoms with Crippen LogP contribution in [0.4, 0.5) is 10.2 Å². The van der Waals surface area contributed by atoms with Crippen molar-refractivity contribution < 1.29 is 9.13 Å². The third kappa shape index (κ3) is 2.59. The van der Waals surface area contributed by atoms with E-state index in [1.807, 2.05) is 0 Å². The summed E-state index contributed by atoms with van der Waals surface area (Å²) in [6, 6.07) is 0. The molecule has 0 aromatic carbocycles. The minimum absolute atomic E-state index is 0.0515. The molecular weight excluding hydrogens is 233 g/mol. The Bertz CT molecular complexity index is 371. The van der Waals surface area contributed by atoms with E-state index in [4.69, 9.17) is 16.3 Å². The van der Waals surface area contributed by atoms with Gasteiger partial charge in [0.1, 0.15) is 0 Å². The maximum atomic E-state index is 13.4. The number of likely N-dealkylation sites (N-methyl/N-ethyl adjacent to an activating group) is 1. The fourth-order valence-corrected chi connectivity index (χ4v) is 1.91. The molecule has 0 saturated carbocycles. The van der Waals surface area contributed by atoms with Gasteiger partial charge in [-0.05, 0) is 24.4 Å². The maximum absolute atomic E-state index is 13.4. The molecule has 88 valence electrons. The number of aromatic nitrogens is 2.